The summed E-state index contributed by atoms with van der Waals surface area (Å²) in [6.07, 6.45) is 3.27. The summed E-state index contributed by atoms with van der Waals surface area (Å²) in [5, 5.41) is 6.49. The van der Waals surface area contributed by atoms with Crippen molar-refractivity contribution in [3.05, 3.63) is 83.0 Å². The Morgan fingerprint density at radius 3 is 2.49 bits per heavy atom. The fraction of sp³-hybridized carbons (Fsp3) is 0.185. The number of ether oxygens (including phenoxy) is 1. The van der Waals surface area contributed by atoms with Crippen molar-refractivity contribution in [3.63, 3.8) is 0 Å². The van der Waals surface area contributed by atoms with E-state index in [1.807, 2.05) is 31.4 Å². The van der Waals surface area contributed by atoms with Crippen molar-refractivity contribution in [1.82, 2.24) is 4.98 Å². The molecule has 9 nitrogen and oxygen atoms in total. The van der Waals surface area contributed by atoms with E-state index in [1.54, 1.807) is 48.0 Å². The lowest BCUT2D eigenvalue weighted by Crippen LogP contribution is -2.53. The Kier molecular flexibility index (Phi) is 7.40. The predicted molar refractivity (Wildman–Crippen MR) is 142 cm³/mol. The van der Waals surface area contributed by atoms with Gasteiger partial charge in [0.1, 0.15) is 5.75 Å². The van der Waals surface area contributed by atoms with Gasteiger partial charge in [-0.05, 0) is 61.5 Å². The van der Waals surface area contributed by atoms with Gasteiger partial charge in [0.2, 0.25) is 0 Å². The molecule has 4 aromatic rings. The van der Waals surface area contributed by atoms with Gasteiger partial charge in [-0.15, -0.1) is 0 Å². The zero-order chi connectivity index (χ0) is 26.6. The van der Waals surface area contributed by atoms with Crippen molar-refractivity contribution in [1.29, 1.82) is 0 Å². The van der Waals surface area contributed by atoms with Crippen molar-refractivity contribution in [2.45, 2.75) is 25.8 Å². The molecule has 10 heteroatoms. The molecule has 0 saturated heterocycles. The standard InChI is InChI=1S/C27H26N4O5S/c1-27(2,13-17-4-6-19(7-5-17)30-25(33)18-10-11-37-15-18)31(26(34)24(28)32)20-8-9-21(22(12-20)35-3)23-14-29-16-36-23/h4-12,14-16H,13H2,1-3H3,(H2,28,32)(H,30,33). The summed E-state index contributed by atoms with van der Waals surface area (Å²) in [5.41, 5.74) is 7.80. The van der Waals surface area contributed by atoms with E-state index in [2.05, 4.69) is 10.3 Å². The Morgan fingerprint density at radius 2 is 1.89 bits per heavy atom. The monoisotopic (exact) mass is 518 g/mol. The zero-order valence-electron chi connectivity index (χ0n) is 20.6. The molecule has 3 N–H and O–H groups in total. The van der Waals surface area contributed by atoms with Crippen LogP contribution in [0.5, 0.6) is 5.75 Å². The van der Waals surface area contributed by atoms with Gasteiger partial charge >= 0.3 is 11.8 Å². The normalized spacial score (nSPS) is 11.1. The number of methoxy groups -OCH3 is 1. The number of carbonyl (C=O) groups is 3. The first kappa shape index (κ1) is 25.6. The summed E-state index contributed by atoms with van der Waals surface area (Å²) in [4.78, 5) is 42.6. The van der Waals surface area contributed by atoms with Crippen LogP contribution < -0.4 is 20.7 Å². The number of thiophene rings is 1. The highest BCUT2D eigenvalue weighted by Gasteiger charge is 2.35. The first-order valence-corrected chi connectivity index (χ1v) is 12.3. The van der Waals surface area contributed by atoms with Crippen LogP contribution in [0.25, 0.3) is 11.3 Å². The van der Waals surface area contributed by atoms with Crippen molar-refractivity contribution in [2.24, 2.45) is 5.73 Å². The molecule has 190 valence electrons. The number of hydrogen-bond donors (Lipinski definition) is 2. The first-order chi connectivity index (χ1) is 17.7. The maximum absolute atomic E-state index is 13.0. The molecule has 2 heterocycles. The highest BCUT2D eigenvalue weighted by Crippen LogP contribution is 2.36. The summed E-state index contributed by atoms with van der Waals surface area (Å²) in [7, 11) is 1.50. The van der Waals surface area contributed by atoms with E-state index in [0.29, 0.717) is 40.4 Å². The van der Waals surface area contributed by atoms with E-state index in [9.17, 15) is 14.4 Å². The van der Waals surface area contributed by atoms with Crippen molar-refractivity contribution < 1.29 is 23.5 Å². The lowest BCUT2D eigenvalue weighted by molar-refractivity contribution is -0.136. The van der Waals surface area contributed by atoms with Gasteiger partial charge in [-0.3, -0.25) is 19.3 Å². The molecule has 0 bridgehead atoms. The topological polar surface area (TPSA) is 128 Å². The molecule has 0 spiro atoms. The van der Waals surface area contributed by atoms with Crippen LogP contribution in [0.15, 0.2) is 76.3 Å². The summed E-state index contributed by atoms with van der Waals surface area (Å²) >= 11 is 1.45. The number of oxazole rings is 1. The molecule has 0 unspecified atom stereocenters. The third-order valence-corrected chi connectivity index (χ3v) is 6.48. The average Bonchev–Trinajstić information content (AvgIpc) is 3.59. The number of primary amides is 1. The van der Waals surface area contributed by atoms with E-state index in [1.165, 1.54) is 29.7 Å². The maximum Gasteiger partial charge on any atom is 0.316 e. The number of benzene rings is 2. The fourth-order valence-corrected chi connectivity index (χ4v) is 4.74. The number of anilines is 2. The number of hydrogen-bond acceptors (Lipinski definition) is 7. The molecule has 0 aliphatic carbocycles. The van der Waals surface area contributed by atoms with Crippen LogP contribution in [0, 0.1) is 0 Å². The van der Waals surface area contributed by atoms with Gasteiger partial charge in [0.15, 0.2) is 12.2 Å². The number of rotatable bonds is 8. The Morgan fingerprint density at radius 1 is 1.14 bits per heavy atom. The van der Waals surface area contributed by atoms with Crippen LogP contribution in [0.4, 0.5) is 11.4 Å². The van der Waals surface area contributed by atoms with E-state index in [-0.39, 0.29) is 5.91 Å². The quantitative estimate of drug-likeness (QED) is 0.331. The molecule has 0 atom stereocenters. The molecular weight excluding hydrogens is 492 g/mol. The minimum Gasteiger partial charge on any atom is -0.496 e. The third kappa shape index (κ3) is 5.70. The second kappa shape index (κ2) is 10.7. The van der Waals surface area contributed by atoms with Crippen molar-refractivity contribution >= 4 is 40.4 Å². The Labute approximate surface area is 217 Å². The number of nitrogens with one attached hydrogen (secondary N) is 1. The van der Waals surface area contributed by atoms with Crippen LogP contribution in [-0.2, 0) is 16.0 Å². The van der Waals surface area contributed by atoms with Gasteiger partial charge in [-0.25, -0.2) is 4.98 Å². The first-order valence-electron chi connectivity index (χ1n) is 11.3. The van der Waals surface area contributed by atoms with Gasteiger partial charge in [-0.1, -0.05) is 12.1 Å². The second-order valence-corrected chi connectivity index (χ2v) is 9.69. The SMILES string of the molecule is COc1cc(N(C(=O)C(N)=O)C(C)(C)Cc2ccc(NC(=O)c3ccsc3)cc2)ccc1-c1cnco1. The lowest BCUT2D eigenvalue weighted by Gasteiger charge is -2.38. The summed E-state index contributed by atoms with van der Waals surface area (Å²) < 4.78 is 10.9. The van der Waals surface area contributed by atoms with Crippen molar-refractivity contribution in [3.8, 4) is 17.1 Å². The summed E-state index contributed by atoms with van der Waals surface area (Å²) in [6.45, 7) is 3.69. The fourth-order valence-electron chi connectivity index (χ4n) is 4.10. The summed E-state index contributed by atoms with van der Waals surface area (Å²) in [5.74, 6) is -1.16. The van der Waals surface area contributed by atoms with Crippen LogP contribution in [0.2, 0.25) is 0 Å². The van der Waals surface area contributed by atoms with E-state index in [0.717, 1.165) is 5.56 Å². The van der Waals surface area contributed by atoms with E-state index >= 15 is 0 Å². The number of nitrogens with zero attached hydrogens (tertiary/aromatic N) is 2. The molecule has 3 amide bonds. The number of amides is 3. The number of carbonyl (C=O) groups excluding carboxylic acids is 3. The predicted octanol–water partition coefficient (Wildman–Crippen LogP) is 4.50. The van der Waals surface area contributed by atoms with Gasteiger partial charge in [0.25, 0.3) is 5.91 Å². The average molecular weight is 519 g/mol. The minimum atomic E-state index is -1.07. The molecule has 2 aromatic carbocycles. The highest BCUT2D eigenvalue weighted by atomic mass is 32.1. The van der Waals surface area contributed by atoms with E-state index < -0.39 is 17.4 Å². The van der Waals surface area contributed by atoms with Crippen LogP contribution in [-0.4, -0.2) is 35.4 Å². The molecule has 0 aliphatic rings. The van der Waals surface area contributed by atoms with Crippen LogP contribution in [0.1, 0.15) is 29.8 Å². The van der Waals surface area contributed by atoms with Gasteiger partial charge in [0.05, 0.1) is 24.4 Å². The van der Waals surface area contributed by atoms with Crippen molar-refractivity contribution in [2.75, 3.05) is 17.3 Å². The van der Waals surface area contributed by atoms with Crippen LogP contribution in [0.3, 0.4) is 0 Å². The zero-order valence-corrected chi connectivity index (χ0v) is 21.4. The second-order valence-electron chi connectivity index (χ2n) is 8.91. The molecule has 37 heavy (non-hydrogen) atoms. The number of nitrogens with two attached hydrogens (primary N) is 1. The van der Waals surface area contributed by atoms with Crippen LogP contribution >= 0.6 is 11.3 Å². The molecule has 0 saturated carbocycles. The highest BCUT2D eigenvalue weighted by molar-refractivity contribution is 7.08. The molecule has 0 radical (unpaired) electrons. The summed E-state index contributed by atoms with van der Waals surface area (Å²) in [6, 6.07) is 14.2. The molecular formula is C27H26N4O5S. The molecule has 2 aromatic heterocycles. The van der Waals surface area contributed by atoms with Gasteiger partial charge in [0, 0.05) is 28.4 Å². The third-order valence-electron chi connectivity index (χ3n) is 5.79. The van der Waals surface area contributed by atoms with Gasteiger partial charge < -0.3 is 20.2 Å². The maximum atomic E-state index is 13.0. The Bertz CT molecular complexity index is 1400. The molecule has 4 rings (SSSR count). The molecule has 0 fully saturated rings. The number of aromatic nitrogens is 1. The van der Waals surface area contributed by atoms with Gasteiger partial charge in [-0.2, -0.15) is 11.3 Å². The Balaban J connectivity index is 1.59. The largest absolute Gasteiger partial charge is 0.496 e. The Hall–Kier alpha value is -4.44. The lowest BCUT2D eigenvalue weighted by atomic mass is 9.91. The van der Waals surface area contributed by atoms with E-state index in [4.69, 9.17) is 14.9 Å². The smallest absolute Gasteiger partial charge is 0.316 e. The molecule has 0 aliphatic heterocycles. The minimum absolute atomic E-state index is 0.185.